The summed E-state index contributed by atoms with van der Waals surface area (Å²) >= 11 is 0. The van der Waals surface area contributed by atoms with Crippen LogP contribution < -0.4 is 5.32 Å². The lowest BCUT2D eigenvalue weighted by atomic mass is 9.85. The van der Waals surface area contributed by atoms with Crippen LogP contribution in [-0.4, -0.2) is 38.9 Å². The fourth-order valence-corrected chi connectivity index (χ4v) is 2.37. The Kier molecular flexibility index (Phi) is 7.21. The number of esters is 1. The molecule has 2 atom stereocenters. The van der Waals surface area contributed by atoms with Crippen LogP contribution in [0.3, 0.4) is 0 Å². The molecule has 17 heavy (non-hydrogen) atoms. The highest BCUT2D eigenvalue weighted by Crippen LogP contribution is 2.29. The summed E-state index contributed by atoms with van der Waals surface area (Å²) < 4.78 is 10.4. The van der Waals surface area contributed by atoms with Crippen molar-refractivity contribution in [3.8, 4) is 0 Å². The van der Waals surface area contributed by atoms with Crippen LogP contribution in [0, 0.1) is 5.92 Å². The topological polar surface area (TPSA) is 47.6 Å². The fraction of sp³-hybridized carbons (Fsp3) is 0.923. The third-order valence-corrected chi connectivity index (χ3v) is 3.40. The summed E-state index contributed by atoms with van der Waals surface area (Å²) in [7, 11) is 1.65. The van der Waals surface area contributed by atoms with Gasteiger partial charge in [-0.1, -0.05) is 13.3 Å². The molecule has 0 spiro atoms. The zero-order valence-corrected chi connectivity index (χ0v) is 11.0. The van der Waals surface area contributed by atoms with E-state index in [1.165, 1.54) is 19.3 Å². The molecule has 0 radical (unpaired) electrons. The summed E-state index contributed by atoms with van der Waals surface area (Å²) in [6, 6.07) is 0. The predicted octanol–water partition coefficient (Wildman–Crippen LogP) is 1.73. The smallest absolute Gasteiger partial charge is 0.320 e. The van der Waals surface area contributed by atoms with Crippen molar-refractivity contribution in [2.75, 3.05) is 26.8 Å². The summed E-state index contributed by atoms with van der Waals surface area (Å²) in [5.41, 5.74) is 0. The standard InChI is InChI=1S/C13H25NO3/c1-3-11-6-4-5-7-12(11)17-13(15)10-14-8-9-16-2/h11-12,14H,3-10H2,1-2H3. The third kappa shape index (κ3) is 5.50. The quantitative estimate of drug-likeness (QED) is 0.546. The molecule has 1 N–H and O–H groups in total. The van der Waals surface area contributed by atoms with Gasteiger partial charge in [-0.15, -0.1) is 0 Å². The van der Waals surface area contributed by atoms with Crippen LogP contribution in [0.5, 0.6) is 0 Å². The van der Waals surface area contributed by atoms with Gasteiger partial charge < -0.3 is 14.8 Å². The largest absolute Gasteiger partial charge is 0.461 e. The molecule has 1 saturated carbocycles. The normalized spacial score (nSPS) is 24.6. The molecule has 0 amide bonds. The molecule has 1 aliphatic carbocycles. The summed E-state index contributed by atoms with van der Waals surface area (Å²) in [5, 5.41) is 3.01. The molecule has 0 saturated heterocycles. The Balaban J connectivity index is 2.19. The molecule has 1 fully saturated rings. The van der Waals surface area contributed by atoms with Crippen molar-refractivity contribution in [3.63, 3.8) is 0 Å². The highest BCUT2D eigenvalue weighted by atomic mass is 16.5. The Morgan fingerprint density at radius 3 is 2.82 bits per heavy atom. The van der Waals surface area contributed by atoms with E-state index in [0.29, 0.717) is 19.1 Å². The highest BCUT2D eigenvalue weighted by molar-refractivity contribution is 5.71. The molecular formula is C13H25NO3. The van der Waals surface area contributed by atoms with E-state index in [-0.39, 0.29) is 18.6 Å². The average molecular weight is 243 g/mol. The monoisotopic (exact) mass is 243 g/mol. The third-order valence-electron chi connectivity index (χ3n) is 3.40. The molecule has 0 aromatic heterocycles. The van der Waals surface area contributed by atoms with Crippen LogP contribution in [0.2, 0.25) is 0 Å². The van der Waals surface area contributed by atoms with E-state index < -0.39 is 0 Å². The molecule has 0 aliphatic heterocycles. The minimum atomic E-state index is -0.133. The van der Waals surface area contributed by atoms with E-state index in [2.05, 4.69) is 12.2 Å². The first kappa shape index (κ1) is 14.5. The molecule has 0 aromatic carbocycles. The average Bonchev–Trinajstić information content (AvgIpc) is 2.35. The SMILES string of the molecule is CCC1CCCCC1OC(=O)CNCCOC. The maximum Gasteiger partial charge on any atom is 0.320 e. The number of hydrogen-bond acceptors (Lipinski definition) is 4. The van der Waals surface area contributed by atoms with Crippen molar-refractivity contribution in [1.29, 1.82) is 0 Å². The van der Waals surface area contributed by atoms with Crippen molar-refractivity contribution in [2.24, 2.45) is 5.92 Å². The van der Waals surface area contributed by atoms with Crippen molar-refractivity contribution in [2.45, 2.75) is 45.1 Å². The molecule has 4 nitrogen and oxygen atoms in total. The molecule has 1 rings (SSSR count). The van der Waals surface area contributed by atoms with E-state index in [4.69, 9.17) is 9.47 Å². The van der Waals surface area contributed by atoms with Gasteiger partial charge in [0.2, 0.25) is 0 Å². The Hall–Kier alpha value is -0.610. The van der Waals surface area contributed by atoms with Gasteiger partial charge in [-0.2, -0.15) is 0 Å². The Bertz CT molecular complexity index is 221. The van der Waals surface area contributed by atoms with Crippen molar-refractivity contribution >= 4 is 5.97 Å². The summed E-state index contributed by atoms with van der Waals surface area (Å²) in [4.78, 5) is 11.6. The predicted molar refractivity (Wildman–Crippen MR) is 66.9 cm³/mol. The van der Waals surface area contributed by atoms with Gasteiger partial charge in [0.15, 0.2) is 0 Å². The first-order chi connectivity index (χ1) is 8.27. The fourth-order valence-electron chi connectivity index (χ4n) is 2.37. The molecule has 0 bridgehead atoms. The van der Waals surface area contributed by atoms with Crippen LogP contribution in [0.15, 0.2) is 0 Å². The molecule has 100 valence electrons. The molecule has 0 aromatic rings. The Morgan fingerprint density at radius 1 is 1.35 bits per heavy atom. The highest BCUT2D eigenvalue weighted by Gasteiger charge is 2.26. The number of nitrogens with one attached hydrogen (secondary N) is 1. The lowest BCUT2D eigenvalue weighted by molar-refractivity contribution is -0.152. The maximum atomic E-state index is 11.6. The summed E-state index contributed by atoms with van der Waals surface area (Å²) in [5.74, 6) is 0.429. The second kappa shape index (κ2) is 8.48. The minimum Gasteiger partial charge on any atom is -0.461 e. The molecular weight excluding hydrogens is 218 g/mol. The van der Waals surface area contributed by atoms with Gasteiger partial charge >= 0.3 is 5.97 Å². The van der Waals surface area contributed by atoms with Gasteiger partial charge in [0.25, 0.3) is 0 Å². The molecule has 1 aliphatic rings. The van der Waals surface area contributed by atoms with Gasteiger partial charge in [0.1, 0.15) is 6.10 Å². The van der Waals surface area contributed by atoms with E-state index in [0.717, 1.165) is 12.8 Å². The minimum absolute atomic E-state index is 0.133. The molecule has 0 heterocycles. The van der Waals surface area contributed by atoms with E-state index >= 15 is 0 Å². The van der Waals surface area contributed by atoms with Crippen molar-refractivity contribution in [1.82, 2.24) is 5.32 Å². The molecule has 4 heteroatoms. The van der Waals surface area contributed by atoms with Crippen LogP contribution in [0.4, 0.5) is 0 Å². The van der Waals surface area contributed by atoms with Crippen LogP contribution in [0.25, 0.3) is 0 Å². The second-order valence-corrected chi connectivity index (χ2v) is 4.65. The van der Waals surface area contributed by atoms with E-state index in [1.54, 1.807) is 7.11 Å². The first-order valence-electron chi connectivity index (χ1n) is 6.67. The Morgan fingerprint density at radius 2 is 2.12 bits per heavy atom. The van der Waals surface area contributed by atoms with E-state index in [1.807, 2.05) is 0 Å². The van der Waals surface area contributed by atoms with Crippen molar-refractivity contribution < 1.29 is 14.3 Å². The van der Waals surface area contributed by atoms with Crippen LogP contribution >= 0.6 is 0 Å². The summed E-state index contributed by atoms with van der Waals surface area (Å²) in [6.07, 6.45) is 5.94. The summed E-state index contributed by atoms with van der Waals surface area (Å²) in [6.45, 7) is 3.77. The second-order valence-electron chi connectivity index (χ2n) is 4.65. The number of carbonyl (C=O) groups is 1. The number of ether oxygens (including phenoxy) is 2. The lowest BCUT2D eigenvalue weighted by Crippen LogP contribution is -2.34. The number of hydrogen-bond donors (Lipinski definition) is 1. The van der Waals surface area contributed by atoms with Gasteiger partial charge in [-0.3, -0.25) is 4.79 Å². The number of rotatable bonds is 7. The molecule has 2 unspecified atom stereocenters. The number of carbonyl (C=O) groups excluding carboxylic acids is 1. The van der Waals surface area contributed by atoms with Gasteiger partial charge in [-0.25, -0.2) is 0 Å². The maximum absolute atomic E-state index is 11.6. The van der Waals surface area contributed by atoms with Crippen LogP contribution in [0.1, 0.15) is 39.0 Å². The first-order valence-corrected chi connectivity index (χ1v) is 6.67. The van der Waals surface area contributed by atoms with Gasteiger partial charge in [0, 0.05) is 13.7 Å². The van der Waals surface area contributed by atoms with Crippen LogP contribution in [-0.2, 0) is 14.3 Å². The van der Waals surface area contributed by atoms with Crippen molar-refractivity contribution in [3.05, 3.63) is 0 Å². The van der Waals surface area contributed by atoms with Gasteiger partial charge in [-0.05, 0) is 31.6 Å². The zero-order chi connectivity index (χ0) is 12.5. The number of methoxy groups -OCH3 is 1. The zero-order valence-electron chi connectivity index (χ0n) is 11.0. The lowest BCUT2D eigenvalue weighted by Gasteiger charge is -2.30. The Labute approximate surface area is 104 Å². The van der Waals surface area contributed by atoms with Gasteiger partial charge in [0.05, 0.1) is 13.2 Å². The van der Waals surface area contributed by atoms with E-state index in [9.17, 15) is 4.79 Å².